The minimum absolute atomic E-state index is 0.0389. The number of carbonyl (C=O) groups is 2. The largest absolute Gasteiger partial charge is 0.507 e. The molecule has 3 N–H and O–H groups in total. The summed E-state index contributed by atoms with van der Waals surface area (Å²) in [7, 11) is 0. The lowest BCUT2D eigenvalue weighted by Gasteiger charge is -2.25. The molecule has 0 unspecified atom stereocenters. The Kier molecular flexibility index (Phi) is 5.07. The van der Waals surface area contributed by atoms with E-state index in [0.29, 0.717) is 29.4 Å². The van der Waals surface area contributed by atoms with E-state index in [4.69, 9.17) is 4.42 Å². The lowest BCUT2D eigenvalue weighted by Crippen LogP contribution is -2.31. The van der Waals surface area contributed by atoms with E-state index in [0.717, 1.165) is 25.0 Å². The topological polar surface area (TPSA) is 109 Å². The van der Waals surface area contributed by atoms with Gasteiger partial charge in [0.05, 0.1) is 17.7 Å². The number of carbonyl (C=O) groups excluding carboxylic acids is 2. The molecular weight excluding hydrogens is 372 g/mol. The first-order valence-corrected chi connectivity index (χ1v) is 9.63. The Morgan fingerprint density at radius 1 is 1.28 bits per heavy atom. The highest BCUT2D eigenvalue weighted by molar-refractivity contribution is 6.02. The van der Waals surface area contributed by atoms with Gasteiger partial charge >= 0.3 is 6.03 Å². The van der Waals surface area contributed by atoms with Crippen molar-refractivity contribution in [2.45, 2.75) is 32.1 Å². The molecule has 8 heteroatoms. The van der Waals surface area contributed by atoms with Crippen LogP contribution in [0.5, 0.6) is 5.75 Å². The van der Waals surface area contributed by atoms with E-state index in [1.165, 1.54) is 17.0 Å². The SMILES string of the molecule is CCNC(=O)n1nc(-c2ccc(NC(=O)c3ccco3)cc2O)cc1C1CCC1. The molecule has 29 heavy (non-hydrogen) atoms. The highest BCUT2D eigenvalue weighted by atomic mass is 16.3. The number of hydrogen-bond donors (Lipinski definition) is 3. The first-order valence-electron chi connectivity index (χ1n) is 9.63. The third kappa shape index (κ3) is 3.73. The van der Waals surface area contributed by atoms with Gasteiger partial charge in [0.25, 0.3) is 5.91 Å². The number of rotatable bonds is 5. The van der Waals surface area contributed by atoms with E-state index >= 15 is 0 Å². The van der Waals surface area contributed by atoms with Crippen LogP contribution < -0.4 is 10.6 Å². The van der Waals surface area contributed by atoms with Crippen molar-refractivity contribution in [1.82, 2.24) is 15.1 Å². The van der Waals surface area contributed by atoms with Crippen LogP contribution in [-0.2, 0) is 0 Å². The molecule has 2 amide bonds. The van der Waals surface area contributed by atoms with Gasteiger partial charge in [-0.3, -0.25) is 4.79 Å². The molecule has 1 aliphatic carbocycles. The van der Waals surface area contributed by atoms with Gasteiger partial charge in [0, 0.05) is 29.8 Å². The van der Waals surface area contributed by atoms with Crippen molar-refractivity contribution in [3.05, 3.63) is 54.1 Å². The van der Waals surface area contributed by atoms with Crippen molar-refractivity contribution in [2.24, 2.45) is 0 Å². The summed E-state index contributed by atoms with van der Waals surface area (Å²) in [6.45, 7) is 2.36. The second kappa shape index (κ2) is 7.83. The third-order valence-electron chi connectivity index (χ3n) is 5.06. The Balaban J connectivity index is 1.61. The van der Waals surface area contributed by atoms with Crippen molar-refractivity contribution in [3.8, 4) is 17.0 Å². The van der Waals surface area contributed by atoms with Crippen molar-refractivity contribution in [3.63, 3.8) is 0 Å². The number of aromatic nitrogens is 2. The molecule has 0 saturated heterocycles. The molecule has 2 aromatic heterocycles. The predicted molar refractivity (Wildman–Crippen MR) is 107 cm³/mol. The summed E-state index contributed by atoms with van der Waals surface area (Å²) in [6.07, 6.45) is 4.60. The van der Waals surface area contributed by atoms with E-state index in [9.17, 15) is 14.7 Å². The predicted octanol–water partition coefficient (Wildman–Crippen LogP) is 3.95. The van der Waals surface area contributed by atoms with E-state index in [1.54, 1.807) is 24.3 Å². The lowest BCUT2D eigenvalue weighted by atomic mass is 9.82. The third-order valence-corrected chi connectivity index (χ3v) is 5.06. The van der Waals surface area contributed by atoms with Gasteiger partial charge in [0.1, 0.15) is 5.75 Å². The molecule has 1 saturated carbocycles. The van der Waals surface area contributed by atoms with Crippen LogP contribution in [0.3, 0.4) is 0 Å². The zero-order chi connectivity index (χ0) is 20.4. The van der Waals surface area contributed by atoms with Gasteiger partial charge in [0.2, 0.25) is 0 Å². The number of hydrogen-bond acceptors (Lipinski definition) is 5. The standard InChI is InChI=1S/C21H22N4O4/c1-2-22-21(28)25-17(13-5-3-6-13)12-16(24-25)15-9-8-14(11-18(15)26)23-20(27)19-7-4-10-29-19/h4,7-13,26H,2-3,5-6H2,1H3,(H,22,28)(H,23,27). The number of nitrogens with one attached hydrogen (secondary N) is 2. The number of amides is 2. The van der Waals surface area contributed by atoms with Gasteiger partial charge in [0.15, 0.2) is 5.76 Å². The van der Waals surface area contributed by atoms with Crippen LogP contribution in [0.15, 0.2) is 47.1 Å². The maximum absolute atomic E-state index is 12.4. The molecule has 1 aliphatic rings. The minimum Gasteiger partial charge on any atom is -0.507 e. The van der Waals surface area contributed by atoms with Gasteiger partial charge in [-0.1, -0.05) is 6.42 Å². The Morgan fingerprint density at radius 2 is 2.10 bits per heavy atom. The molecule has 0 radical (unpaired) electrons. The van der Waals surface area contributed by atoms with Crippen molar-refractivity contribution in [1.29, 1.82) is 0 Å². The Labute approximate surface area is 167 Å². The Bertz CT molecular complexity index is 1040. The Hall–Kier alpha value is -3.55. The van der Waals surface area contributed by atoms with E-state index < -0.39 is 5.91 Å². The summed E-state index contributed by atoms with van der Waals surface area (Å²) >= 11 is 0. The minimum atomic E-state index is -0.407. The maximum Gasteiger partial charge on any atom is 0.342 e. The van der Waals surface area contributed by atoms with Crippen molar-refractivity contribution < 1.29 is 19.1 Å². The summed E-state index contributed by atoms with van der Waals surface area (Å²) in [5.74, 6) is 0.0325. The summed E-state index contributed by atoms with van der Waals surface area (Å²) in [5, 5.41) is 20.4. The molecule has 4 rings (SSSR count). The first kappa shape index (κ1) is 18.8. The summed E-state index contributed by atoms with van der Waals surface area (Å²) < 4.78 is 6.46. The second-order valence-electron chi connectivity index (χ2n) is 6.99. The monoisotopic (exact) mass is 394 g/mol. The Morgan fingerprint density at radius 3 is 2.72 bits per heavy atom. The van der Waals surface area contributed by atoms with Crippen LogP contribution >= 0.6 is 0 Å². The van der Waals surface area contributed by atoms with Crippen LogP contribution in [0.1, 0.15) is 48.4 Å². The van der Waals surface area contributed by atoms with Crippen LogP contribution in [-0.4, -0.2) is 33.4 Å². The van der Waals surface area contributed by atoms with Gasteiger partial charge < -0.3 is 20.2 Å². The summed E-state index contributed by atoms with van der Waals surface area (Å²) in [5.41, 5.74) is 2.28. The smallest absolute Gasteiger partial charge is 0.342 e. The summed E-state index contributed by atoms with van der Waals surface area (Å²) in [4.78, 5) is 24.5. The van der Waals surface area contributed by atoms with Crippen LogP contribution in [0, 0.1) is 0 Å². The number of aromatic hydroxyl groups is 1. The van der Waals surface area contributed by atoms with Crippen LogP contribution in [0.25, 0.3) is 11.3 Å². The highest BCUT2D eigenvalue weighted by Crippen LogP contribution is 2.39. The zero-order valence-corrected chi connectivity index (χ0v) is 16.0. The normalized spacial score (nSPS) is 13.7. The maximum atomic E-state index is 12.4. The van der Waals surface area contributed by atoms with Gasteiger partial charge in [-0.2, -0.15) is 9.78 Å². The van der Waals surface area contributed by atoms with Crippen molar-refractivity contribution in [2.75, 3.05) is 11.9 Å². The zero-order valence-electron chi connectivity index (χ0n) is 16.0. The van der Waals surface area contributed by atoms with Crippen LogP contribution in [0.4, 0.5) is 10.5 Å². The average Bonchev–Trinajstić information content (AvgIpc) is 3.31. The molecule has 0 bridgehead atoms. The first-order chi connectivity index (χ1) is 14.1. The fourth-order valence-electron chi connectivity index (χ4n) is 3.34. The molecule has 3 aromatic rings. The molecule has 0 spiro atoms. The molecular formula is C21H22N4O4. The fourth-order valence-corrected chi connectivity index (χ4v) is 3.34. The quantitative estimate of drug-likeness (QED) is 0.607. The van der Waals surface area contributed by atoms with E-state index in [-0.39, 0.29) is 17.5 Å². The fraction of sp³-hybridized carbons (Fsp3) is 0.286. The molecule has 150 valence electrons. The number of nitrogens with zero attached hydrogens (tertiary/aromatic N) is 2. The van der Waals surface area contributed by atoms with Gasteiger partial charge in [-0.25, -0.2) is 4.79 Å². The van der Waals surface area contributed by atoms with Crippen molar-refractivity contribution >= 4 is 17.6 Å². The van der Waals surface area contributed by atoms with Crippen LogP contribution in [0.2, 0.25) is 0 Å². The second-order valence-corrected chi connectivity index (χ2v) is 6.99. The number of benzene rings is 1. The average molecular weight is 394 g/mol. The molecule has 1 aromatic carbocycles. The van der Waals surface area contributed by atoms with E-state index in [2.05, 4.69) is 15.7 Å². The van der Waals surface area contributed by atoms with E-state index in [1.807, 2.05) is 13.0 Å². The molecule has 1 fully saturated rings. The molecule has 0 aliphatic heterocycles. The molecule has 0 atom stereocenters. The van der Waals surface area contributed by atoms with Gasteiger partial charge in [-0.05, 0) is 50.1 Å². The number of phenolic OH excluding ortho intramolecular Hbond substituents is 1. The molecule has 8 nitrogen and oxygen atoms in total. The lowest BCUT2D eigenvalue weighted by molar-refractivity contribution is 0.0996. The molecule has 2 heterocycles. The highest BCUT2D eigenvalue weighted by Gasteiger charge is 2.27. The number of anilines is 1. The summed E-state index contributed by atoms with van der Waals surface area (Å²) in [6, 6.07) is 9.55. The number of phenols is 1. The van der Waals surface area contributed by atoms with Gasteiger partial charge in [-0.15, -0.1) is 0 Å². The number of furan rings is 1.